The van der Waals surface area contributed by atoms with Gasteiger partial charge in [0, 0.05) is 22.0 Å². The summed E-state index contributed by atoms with van der Waals surface area (Å²) in [5, 5.41) is 6.91. The van der Waals surface area contributed by atoms with E-state index in [1.165, 1.54) is 12.1 Å². The number of rotatable bonds is 2. The standard InChI is InChI=1S/C22H16BrFN2O/c23-16-9-5-14(6-10-16)19-13-20-18-3-1-2-4-21(18)27-22(26(20)25-19)15-7-11-17(24)12-8-15/h1-12,20,22H,13H2/t20-,22-/m0/s1. The summed E-state index contributed by atoms with van der Waals surface area (Å²) in [6.07, 6.45) is 0.429. The van der Waals surface area contributed by atoms with E-state index >= 15 is 0 Å². The topological polar surface area (TPSA) is 24.8 Å². The van der Waals surface area contributed by atoms with Gasteiger partial charge in [-0.05, 0) is 35.9 Å². The van der Waals surface area contributed by atoms with E-state index in [1.807, 2.05) is 35.3 Å². The van der Waals surface area contributed by atoms with Gasteiger partial charge in [0.25, 0.3) is 0 Å². The second-order valence-electron chi connectivity index (χ2n) is 6.71. The van der Waals surface area contributed by atoms with Crippen molar-refractivity contribution in [2.24, 2.45) is 5.10 Å². The maximum absolute atomic E-state index is 13.4. The Balaban J connectivity index is 1.58. The van der Waals surface area contributed by atoms with Crippen LogP contribution in [0.15, 0.2) is 82.4 Å². The molecule has 5 rings (SSSR count). The molecule has 3 aromatic rings. The SMILES string of the molecule is Fc1ccc([C@@H]2Oc3ccccc3[C@@H]3CC(c4ccc(Br)cc4)=NN32)cc1. The minimum Gasteiger partial charge on any atom is -0.464 e. The van der Waals surface area contributed by atoms with Crippen LogP contribution in [-0.4, -0.2) is 10.7 Å². The van der Waals surface area contributed by atoms with Crippen LogP contribution in [0.25, 0.3) is 0 Å². The van der Waals surface area contributed by atoms with Crippen LogP contribution < -0.4 is 4.74 Å². The average molecular weight is 423 g/mol. The van der Waals surface area contributed by atoms with Crippen molar-refractivity contribution in [3.8, 4) is 5.75 Å². The van der Waals surface area contributed by atoms with Gasteiger partial charge in [-0.15, -0.1) is 0 Å². The minimum atomic E-state index is -0.376. The lowest BCUT2D eigenvalue weighted by Crippen LogP contribution is -2.33. The highest BCUT2D eigenvalue weighted by atomic mass is 79.9. The summed E-state index contributed by atoms with van der Waals surface area (Å²) in [6.45, 7) is 0. The fourth-order valence-corrected chi connectivity index (χ4v) is 3.96. The summed E-state index contributed by atoms with van der Waals surface area (Å²) in [5.41, 5.74) is 4.14. The van der Waals surface area contributed by atoms with Crippen molar-refractivity contribution >= 4 is 21.6 Å². The molecule has 0 bridgehead atoms. The maximum atomic E-state index is 13.4. The van der Waals surface area contributed by atoms with Crippen LogP contribution in [0.1, 0.15) is 35.4 Å². The molecule has 3 nitrogen and oxygen atoms in total. The molecule has 3 aromatic carbocycles. The molecule has 2 heterocycles. The van der Waals surface area contributed by atoms with E-state index in [4.69, 9.17) is 9.84 Å². The largest absolute Gasteiger partial charge is 0.464 e. The first-order chi connectivity index (χ1) is 13.2. The third-order valence-electron chi connectivity index (χ3n) is 5.03. The number of benzene rings is 3. The fraction of sp³-hybridized carbons (Fsp3) is 0.136. The Labute approximate surface area is 165 Å². The molecule has 0 unspecified atom stereocenters. The molecule has 0 radical (unpaired) electrons. The van der Waals surface area contributed by atoms with Crippen LogP contribution in [0, 0.1) is 5.82 Å². The van der Waals surface area contributed by atoms with Crippen LogP contribution in [0.3, 0.4) is 0 Å². The Kier molecular flexibility index (Phi) is 3.97. The zero-order chi connectivity index (χ0) is 18.4. The van der Waals surface area contributed by atoms with E-state index in [-0.39, 0.29) is 18.1 Å². The van der Waals surface area contributed by atoms with Crippen molar-refractivity contribution in [1.82, 2.24) is 5.01 Å². The molecule has 0 N–H and O–H groups in total. The minimum absolute atomic E-state index is 0.101. The fourth-order valence-electron chi connectivity index (χ4n) is 3.70. The summed E-state index contributed by atoms with van der Waals surface area (Å²) in [6, 6.07) is 22.8. The highest BCUT2D eigenvalue weighted by Crippen LogP contribution is 2.47. The molecule has 0 aliphatic carbocycles. The molecule has 0 saturated heterocycles. The molecule has 0 aromatic heterocycles. The maximum Gasteiger partial charge on any atom is 0.213 e. The molecule has 134 valence electrons. The Morgan fingerprint density at radius 2 is 1.70 bits per heavy atom. The van der Waals surface area contributed by atoms with E-state index in [0.717, 1.165) is 39.0 Å². The molecule has 27 heavy (non-hydrogen) atoms. The van der Waals surface area contributed by atoms with Crippen LogP contribution in [0.2, 0.25) is 0 Å². The van der Waals surface area contributed by atoms with Crippen molar-refractivity contribution < 1.29 is 9.13 Å². The molecule has 5 heteroatoms. The molecule has 2 atom stereocenters. The lowest BCUT2D eigenvalue weighted by atomic mass is 9.96. The van der Waals surface area contributed by atoms with Gasteiger partial charge in [-0.1, -0.05) is 58.4 Å². The first-order valence-corrected chi connectivity index (χ1v) is 9.61. The van der Waals surface area contributed by atoms with Gasteiger partial charge >= 0.3 is 0 Å². The van der Waals surface area contributed by atoms with Crippen LogP contribution in [0.5, 0.6) is 5.75 Å². The zero-order valence-corrected chi connectivity index (χ0v) is 15.9. The highest BCUT2D eigenvalue weighted by molar-refractivity contribution is 9.10. The van der Waals surface area contributed by atoms with Crippen molar-refractivity contribution in [2.75, 3.05) is 0 Å². The normalized spacial score (nSPS) is 20.5. The van der Waals surface area contributed by atoms with Gasteiger partial charge in [0.15, 0.2) is 0 Å². The van der Waals surface area contributed by atoms with Gasteiger partial charge in [0.2, 0.25) is 6.23 Å². The average Bonchev–Trinajstić information content (AvgIpc) is 3.14. The van der Waals surface area contributed by atoms with Crippen molar-refractivity contribution in [1.29, 1.82) is 0 Å². The molecular weight excluding hydrogens is 407 g/mol. The molecule has 0 spiro atoms. The van der Waals surface area contributed by atoms with Crippen LogP contribution in [-0.2, 0) is 0 Å². The first-order valence-electron chi connectivity index (χ1n) is 8.82. The van der Waals surface area contributed by atoms with Gasteiger partial charge in [0.05, 0.1) is 11.8 Å². The summed E-state index contributed by atoms with van der Waals surface area (Å²) in [5.74, 6) is 0.604. The van der Waals surface area contributed by atoms with E-state index in [9.17, 15) is 4.39 Å². The number of hydrogen-bond acceptors (Lipinski definition) is 3. The third kappa shape index (κ3) is 2.92. The lowest BCUT2D eigenvalue weighted by Gasteiger charge is -2.38. The van der Waals surface area contributed by atoms with Crippen molar-refractivity contribution in [2.45, 2.75) is 18.7 Å². The third-order valence-corrected chi connectivity index (χ3v) is 5.56. The Hall–Kier alpha value is -2.66. The second kappa shape index (κ2) is 6.50. The quantitative estimate of drug-likeness (QED) is 0.518. The van der Waals surface area contributed by atoms with Crippen molar-refractivity contribution in [3.05, 3.63) is 99.8 Å². The highest BCUT2D eigenvalue weighted by Gasteiger charge is 2.40. The van der Waals surface area contributed by atoms with Gasteiger partial charge in [-0.25, -0.2) is 9.40 Å². The van der Waals surface area contributed by atoms with Gasteiger partial charge in [-0.3, -0.25) is 0 Å². The summed E-state index contributed by atoms with van der Waals surface area (Å²) in [7, 11) is 0. The number of hydrazone groups is 1. The molecule has 0 saturated carbocycles. The van der Waals surface area contributed by atoms with E-state index < -0.39 is 0 Å². The molecule has 0 fully saturated rings. The molecule has 2 aliphatic rings. The predicted molar refractivity (Wildman–Crippen MR) is 106 cm³/mol. The molecule has 2 aliphatic heterocycles. The predicted octanol–water partition coefficient (Wildman–Crippen LogP) is 5.83. The van der Waals surface area contributed by atoms with Crippen LogP contribution in [0.4, 0.5) is 4.39 Å². The number of para-hydroxylation sites is 1. The summed E-state index contributed by atoms with van der Waals surface area (Å²) >= 11 is 3.48. The van der Waals surface area contributed by atoms with Gasteiger partial charge < -0.3 is 4.74 Å². The van der Waals surface area contributed by atoms with Gasteiger partial charge in [-0.2, -0.15) is 5.10 Å². The summed E-state index contributed by atoms with van der Waals surface area (Å²) in [4.78, 5) is 0. The van der Waals surface area contributed by atoms with Crippen LogP contribution >= 0.6 is 15.9 Å². The van der Waals surface area contributed by atoms with E-state index in [0.29, 0.717) is 0 Å². The second-order valence-corrected chi connectivity index (χ2v) is 7.63. The van der Waals surface area contributed by atoms with Crippen molar-refractivity contribution in [3.63, 3.8) is 0 Å². The number of ether oxygens (including phenoxy) is 1. The Bertz CT molecular complexity index is 1020. The summed E-state index contributed by atoms with van der Waals surface area (Å²) < 4.78 is 20.7. The monoisotopic (exact) mass is 422 g/mol. The number of hydrogen-bond donors (Lipinski definition) is 0. The van der Waals surface area contributed by atoms with Gasteiger partial charge in [0.1, 0.15) is 11.6 Å². The molecule has 0 amide bonds. The number of fused-ring (bicyclic) bond motifs is 3. The molecular formula is C22H16BrFN2O. The zero-order valence-electron chi connectivity index (χ0n) is 14.3. The Morgan fingerprint density at radius 3 is 2.48 bits per heavy atom. The Morgan fingerprint density at radius 1 is 0.963 bits per heavy atom. The first kappa shape index (κ1) is 16.5. The number of halogens is 2. The van der Waals surface area contributed by atoms with E-state index in [2.05, 4.69) is 34.1 Å². The smallest absolute Gasteiger partial charge is 0.213 e. The number of nitrogens with zero attached hydrogens (tertiary/aromatic N) is 2. The van der Waals surface area contributed by atoms with E-state index in [1.54, 1.807) is 12.1 Å². The lowest BCUT2D eigenvalue weighted by molar-refractivity contribution is -0.0190.